The van der Waals surface area contributed by atoms with Gasteiger partial charge >= 0.3 is 6.61 Å². The van der Waals surface area contributed by atoms with Gasteiger partial charge in [-0.05, 0) is 49.5 Å². The van der Waals surface area contributed by atoms with Gasteiger partial charge in [0.25, 0.3) is 5.91 Å². The molecule has 5 nitrogen and oxygen atoms in total. The second-order valence-corrected chi connectivity index (χ2v) is 5.99. The summed E-state index contributed by atoms with van der Waals surface area (Å²) in [5.74, 6) is -0.248. The molecule has 1 aliphatic heterocycles. The van der Waals surface area contributed by atoms with Crippen LogP contribution >= 0.6 is 0 Å². The molecule has 1 amide bonds. The number of nitrogens with one attached hydrogen (secondary N) is 2. The number of hydrogen-bond acceptors (Lipinski definition) is 4. The van der Waals surface area contributed by atoms with Crippen LogP contribution in [0.5, 0.6) is 11.5 Å². The lowest BCUT2D eigenvalue weighted by Crippen LogP contribution is -2.42. The van der Waals surface area contributed by atoms with Crippen molar-refractivity contribution in [3.8, 4) is 11.5 Å². The first kappa shape index (κ1) is 17.5. The number of alkyl halides is 2. The summed E-state index contributed by atoms with van der Waals surface area (Å²) in [7, 11) is 1.34. The van der Waals surface area contributed by atoms with Crippen LogP contribution in [-0.4, -0.2) is 39.3 Å². The van der Waals surface area contributed by atoms with E-state index in [9.17, 15) is 13.6 Å². The van der Waals surface area contributed by atoms with Gasteiger partial charge in [0.2, 0.25) is 0 Å². The molecule has 0 unspecified atom stereocenters. The molecule has 1 aromatic carbocycles. The first-order valence-corrected chi connectivity index (χ1v) is 7.55. The fraction of sp³-hybridized carbons (Fsp3) is 0.562. The van der Waals surface area contributed by atoms with Gasteiger partial charge < -0.3 is 20.1 Å². The molecule has 7 heteroatoms. The molecule has 2 N–H and O–H groups in total. The van der Waals surface area contributed by atoms with Crippen LogP contribution in [0.15, 0.2) is 18.2 Å². The van der Waals surface area contributed by atoms with Gasteiger partial charge in [-0.15, -0.1) is 0 Å². The summed E-state index contributed by atoms with van der Waals surface area (Å²) in [5, 5.41) is 6.20. The number of hydrogen-bond donors (Lipinski definition) is 2. The van der Waals surface area contributed by atoms with Crippen LogP contribution in [0.2, 0.25) is 0 Å². The van der Waals surface area contributed by atoms with Crippen LogP contribution in [0.3, 0.4) is 0 Å². The molecule has 1 aromatic rings. The molecular weight excluding hydrogens is 306 g/mol. The van der Waals surface area contributed by atoms with Crippen LogP contribution in [0.25, 0.3) is 0 Å². The van der Waals surface area contributed by atoms with E-state index in [1.54, 1.807) is 0 Å². The average Bonchev–Trinajstić information content (AvgIpc) is 2.53. The van der Waals surface area contributed by atoms with Gasteiger partial charge in [0.05, 0.1) is 7.11 Å². The van der Waals surface area contributed by atoms with Crippen molar-refractivity contribution >= 4 is 5.91 Å². The smallest absolute Gasteiger partial charge is 0.387 e. The minimum Gasteiger partial charge on any atom is -0.493 e. The summed E-state index contributed by atoms with van der Waals surface area (Å²) in [5.41, 5.74) is 0.421. The maximum Gasteiger partial charge on any atom is 0.387 e. The van der Waals surface area contributed by atoms with Crippen molar-refractivity contribution in [1.29, 1.82) is 0 Å². The van der Waals surface area contributed by atoms with Crippen molar-refractivity contribution in [2.24, 2.45) is 5.41 Å². The highest BCUT2D eigenvalue weighted by molar-refractivity contribution is 5.94. The number of ether oxygens (including phenoxy) is 2. The summed E-state index contributed by atoms with van der Waals surface area (Å²) < 4.78 is 34.0. The predicted molar refractivity (Wildman–Crippen MR) is 82.2 cm³/mol. The summed E-state index contributed by atoms with van der Waals surface area (Å²) in [6.07, 6.45) is 2.00. The van der Waals surface area contributed by atoms with Gasteiger partial charge in [0.15, 0.2) is 11.5 Å². The van der Waals surface area contributed by atoms with E-state index in [4.69, 9.17) is 4.74 Å². The zero-order valence-electron chi connectivity index (χ0n) is 13.3. The predicted octanol–water partition coefficient (Wildman–Crippen LogP) is 2.42. The Hall–Kier alpha value is -1.89. The van der Waals surface area contributed by atoms with Crippen molar-refractivity contribution in [3.63, 3.8) is 0 Å². The summed E-state index contributed by atoms with van der Waals surface area (Å²) in [6.45, 7) is 1.67. The summed E-state index contributed by atoms with van der Waals surface area (Å²) >= 11 is 0. The number of halogens is 2. The van der Waals surface area contributed by atoms with Gasteiger partial charge in [-0.2, -0.15) is 8.78 Å². The molecule has 23 heavy (non-hydrogen) atoms. The van der Waals surface area contributed by atoms with E-state index in [-0.39, 0.29) is 22.8 Å². The second kappa shape index (κ2) is 7.59. The summed E-state index contributed by atoms with van der Waals surface area (Å²) in [4.78, 5) is 12.3. The molecule has 0 saturated carbocycles. The zero-order chi connectivity index (χ0) is 16.9. The molecule has 1 fully saturated rings. The molecule has 2 rings (SSSR count). The quantitative estimate of drug-likeness (QED) is 0.842. The number of carbonyl (C=O) groups excluding carboxylic acids is 1. The number of carbonyl (C=O) groups is 1. The monoisotopic (exact) mass is 328 g/mol. The van der Waals surface area contributed by atoms with Gasteiger partial charge in [0, 0.05) is 12.1 Å². The molecule has 128 valence electrons. The highest BCUT2D eigenvalue weighted by Gasteiger charge is 2.27. The molecule has 0 radical (unpaired) electrons. The lowest BCUT2D eigenvalue weighted by Gasteiger charge is -2.34. The van der Waals surface area contributed by atoms with E-state index in [0.29, 0.717) is 12.1 Å². The van der Waals surface area contributed by atoms with Crippen molar-refractivity contribution in [2.45, 2.75) is 26.4 Å². The Balaban J connectivity index is 2.01. The third-order valence-electron chi connectivity index (χ3n) is 4.13. The van der Waals surface area contributed by atoms with Gasteiger partial charge in [-0.1, -0.05) is 6.92 Å². The second-order valence-electron chi connectivity index (χ2n) is 5.99. The maximum atomic E-state index is 12.3. The fourth-order valence-corrected chi connectivity index (χ4v) is 2.61. The molecule has 0 bridgehead atoms. The SMILES string of the molecule is COc1cc(C(=O)NCC2(C)CCNCC2)ccc1OC(F)F. The van der Waals surface area contributed by atoms with Gasteiger partial charge in [-0.3, -0.25) is 4.79 Å². The van der Waals surface area contributed by atoms with Crippen LogP contribution in [-0.2, 0) is 0 Å². The third kappa shape index (κ3) is 4.79. The third-order valence-corrected chi connectivity index (χ3v) is 4.13. The minimum absolute atomic E-state index is 0.0731. The van der Waals surface area contributed by atoms with Crippen molar-refractivity contribution in [3.05, 3.63) is 23.8 Å². The van der Waals surface area contributed by atoms with Gasteiger partial charge in [-0.25, -0.2) is 0 Å². The Kier molecular flexibility index (Phi) is 5.76. The van der Waals surface area contributed by atoms with E-state index < -0.39 is 6.61 Å². The highest BCUT2D eigenvalue weighted by Crippen LogP contribution is 2.30. The van der Waals surface area contributed by atoms with E-state index in [2.05, 4.69) is 22.3 Å². The number of amides is 1. The molecular formula is C16H22F2N2O3. The number of rotatable bonds is 6. The summed E-state index contributed by atoms with van der Waals surface area (Å²) in [6, 6.07) is 4.16. The molecule has 0 atom stereocenters. The van der Waals surface area contributed by atoms with Crippen LogP contribution in [0.1, 0.15) is 30.1 Å². The molecule has 1 aliphatic rings. The standard InChI is InChI=1S/C16H22F2N2O3/c1-16(5-7-19-8-6-16)10-20-14(21)11-3-4-12(23-15(17)18)13(9-11)22-2/h3-4,9,15,19H,5-8,10H2,1-2H3,(H,20,21). The number of methoxy groups -OCH3 is 1. The van der Waals surface area contributed by atoms with Gasteiger partial charge in [0.1, 0.15) is 0 Å². The first-order valence-electron chi connectivity index (χ1n) is 7.55. The Bertz CT molecular complexity index is 546. The Morgan fingerprint density at radius 1 is 1.35 bits per heavy atom. The lowest BCUT2D eigenvalue weighted by atomic mass is 9.81. The van der Waals surface area contributed by atoms with E-state index >= 15 is 0 Å². The zero-order valence-corrected chi connectivity index (χ0v) is 13.3. The number of benzene rings is 1. The minimum atomic E-state index is -2.94. The van der Waals surface area contributed by atoms with Crippen molar-refractivity contribution in [2.75, 3.05) is 26.7 Å². The maximum absolute atomic E-state index is 12.3. The van der Waals surface area contributed by atoms with Crippen molar-refractivity contribution < 1.29 is 23.0 Å². The van der Waals surface area contributed by atoms with Crippen molar-refractivity contribution in [1.82, 2.24) is 10.6 Å². The normalized spacial score (nSPS) is 16.9. The topological polar surface area (TPSA) is 59.6 Å². The molecule has 0 aliphatic carbocycles. The van der Waals surface area contributed by atoms with E-state index in [1.807, 2.05) is 0 Å². The number of piperidine rings is 1. The Labute approximate surface area is 134 Å². The lowest BCUT2D eigenvalue weighted by molar-refractivity contribution is -0.0512. The average molecular weight is 328 g/mol. The highest BCUT2D eigenvalue weighted by atomic mass is 19.3. The van der Waals surface area contributed by atoms with E-state index in [0.717, 1.165) is 25.9 Å². The molecule has 1 heterocycles. The first-order chi connectivity index (χ1) is 10.9. The fourth-order valence-electron chi connectivity index (χ4n) is 2.61. The Morgan fingerprint density at radius 3 is 2.65 bits per heavy atom. The van der Waals surface area contributed by atoms with Crippen LogP contribution in [0.4, 0.5) is 8.78 Å². The van der Waals surface area contributed by atoms with Crippen LogP contribution < -0.4 is 20.1 Å². The molecule has 0 spiro atoms. The van der Waals surface area contributed by atoms with E-state index in [1.165, 1.54) is 25.3 Å². The molecule has 0 aromatic heterocycles. The largest absolute Gasteiger partial charge is 0.493 e. The molecule has 1 saturated heterocycles. The van der Waals surface area contributed by atoms with Crippen LogP contribution in [0, 0.1) is 5.41 Å². The Morgan fingerprint density at radius 2 is 2.04 bits per heavy atom.